The van der Waals surface area contributed by atoms with Gasteiger partial charge in [-0.3, -0.25) is 4.79 Å². The van der Waals surface area contributed by atoms with Crippen molar-refractivity contribution < 1.29 is 30.0 Å². The van der Waals surface area contributed by atoms with Gasteiger partial charge in [0.15, 0.2) is 9.84 Å². The molecule has 46 heavy (non-hydrogen) atoms. The molecule has 0 atom stereocenters. The van der Waals surface area contributed by atoms with Gasteiger partial charge in [-0.15, -0.1) is 0 Å². The van der Waals surface area contributed by atoms with E-state index in [0.717, 1.165) is 6.26 Å². The molecule has 0 saturated carbocycles. The molecule has 0 aliphatic carbocycles. The van der Waals surface area contributed by atoms with Crippen LogP contribution in [0.1, 0.15) is 39.0 Å². The predicted octanol–water partition coefficient (Wildman–Crippen LogP) is 3.97. The van der Waals surface area contributed by atoms with E-state index >= 15 is 0 Å². The molecule has 0 N–H and O–H groups in total. The number of carbonyl (C=O) groups excluding carboxylic acids is 1. The fourth-order valence-corrected chi connectivity index (χ4v) is 9.67. The maximum Gasteiger partial charge on any atom is 0.243 e. The molecule has 2 aliphatic heterocycles. The van der Waals surface area contributed by atoms with Crippen molar-refractivity contribution in [3.8, 4) is 0 Å². The number of benzene rings is 2. The molecule has 11 nitrogen and oxygen atoms in total. The van der Waals surface area contributed by atoms with Gasteiger partial charge in [0.05, 0.1) is 26.1 Å². The van der Waals surface area contributed by atoms with Gasteiger partial charge in [0.1, 0.15) is 0 Å². The first-order valence-electron chi connectivity index (χ1n) is 15.3. The number of piperidine rings is 2. The average molecular weight is 738 g/mol. The second-order valence-electron chi connectivity index (χ2n) is 11.9. The number of hydrogen-bond donors (Lipinski definition) is 0. The van der Waals surface area contributed by atoms with Crippen LogP contribution in [0.2, 0.25) is 10.0 Å². The summed E-state index contributed by atoms with van der Waals surface area (Å²) in [5.41, 5.74) is 0.636. The van der Waals surface area contributed by atoms with Gasteiger partial charge in [-0.2, -0.15) is 4.31 Å². The van der Waals surface area contributed by atoms with Crippen LogP contribution in [0.5, 0.6) is 0 Å². The second kappa shape index (κ2) is 15.2. The Morgan fingerprint density at radius 2 is 1.41 bits per heavy atom. The van der Waals surface area contributed by atoms with E-state index in [1.807, 2.05) is 0 Å². The van der Waals surface area contributed by atoms with Gasteiger partial charge in [0, 0.05) is 50.1 Å². The Morgan fingerprint density at radius 3 is 1.93 bits per heavy atom. The highest BCUT2D eigenvalue weighted by Gasteiger charge is 2.34. The van der Waals surface area contributed by atoms with Gasteiger partial charge in [0.2, 0.25) is 26.0 Å². The summed E-state index contributed by atoms with van der Waals surface area (Å²) in [4.78, 5) is 17.9. The molecule has 0 radical (unpaired) electrons. The number of halogens is 2. The van der Waals surface area contributed by atoms with Gasteiger partial charge in [-0.1, -0.05) is 30.1 Å². The van der Waals surface area contributed by atoms with E-state index in [1.165, 1.54) is 39.1 Å². The lowest BCUT2D eigenvalue weighted by atomic mass is 9.96. The minimum Gasteiger partial charge on any atom is -0.312 e. The highest BCUT2D eigenvalue weighted by Crippen LogP contribution is 2.31. The average Bonchev–Trinajstić information content (AvgIpc) is 3.01. The quantitative estimate of drug-likeness (QED) is 0.320. The topological polar surface area (TPSA) is 132 Å². The van der Waals surface area contributed by atoms with Crippen LogP contribution in [0.15, 0.2) is 52.3 Å². The van der Waals surface area contributed by atoms with E-state index in [0.29, 0.717) is 93.7 Å². The Balaban J connectivity index is 1.36. The summed E-state index contributed by atoms with van der Waals surface area (Å²) in [5.74, 6) is -0.383. The third-order valence-corrected chi connectivity index (χ3v) is 14.0. The molecular formula is C30H42Cl2N4O7S3. The maximum absolute atomic E-state index is 13.7. The lowest BCUT2D eigenvalue weighted by molar-refractivity contribution is -0.123. The van der Waals surface area contributed by atoms with E-state index in [1.54, 1.807) is 30.0 Å². The number of carbonyl (C=O) groups is 1. The van der Waals surface area contributed by atoms with E-state index in [2.05, 4.69) is 4.90 Å². The molecule has 2 saturated heterocycles. The van der Waals surface area contributed by atoms with Gasteiger partial charge in [0.25, 0.3) is 0 Å². The van der Waals surface area contributed by atoms with Crippen LogP contribution in [0.3, 0.4) is 0 Å². The monoisotopic (exact) mass is 736 g/mol. The SMILES string of the molecule is CCN(C1CCN(CCCN(C(=O)C2CCN(S(C)(=O)=O)CC2)c2ccc(Cl)c(Cl)c2)CC1)S(=O)(=O)c1ccc(S(C)(=O)=O)cc1. The first-order valence-corrected chi connectivity index (χ1v) is 21.2. The zero-order valence-electron chi connectivity index (χ0n) is 26.3. The van der Waals surface area contributed by atoms with Crippen molar-refractivity contribution in [1.82, 2.24) is 13.5 Å². The first kappa shape index (κ1) is 37.0. The first-order chi connectivity index (χ1) is 21.5. The molecule has 2 fully saturated rings. The summed E-state index contributed by atoms with van der Waals surface area (Å²) in [6.07, 6.45) is 5.09. The molecule has 4 rings (SSSR count). The summed E-state index contributed by atoms with van der Waals surface area (Å²) in [6, 6.07) is 10.2. The summed E-state index contributed by atoms with van der Waals surface area (Å²) < 4.78 is 77.4. The Hall–Kier alpha value is -1.78. The maximum atomic E-state index is 13.7. The number of rotatable bonds is 12. The zero-order chi connectivity index (χ0) is 33.9. The lowest BCUT2D eigenvalue weighted by Crippen LogP contribution is -2.48. The van der Waals surface area contributed by atoms with Crippen LogP contribution < -0.4 is 4.90 Å². The highest BCUT2D eigenvalue weighted by molar-refractivity contribution is 7.90. The lowest BCUT2D eigenvalue weighted by Gasteiger charge is -2.38. The fourth-order valence-electron chi connectivity index (χ4n) is 6.18. The summed E-state index contributed by atoms with van der Waals surface area (Å²) in [7, 11) is -10.6. The van der Waals surface area contributed by atoms with Gasteiger partial charge < -0.3 is 9.80 Å². The van der Waals surface area contributed by atoms with Crippen molar-refractivity contribution in [2.24, 2.45) is 5.92 Å². The van der Waals surface area contributed by atoms with Crippen molar-refractivity contribution in [1.29, 1.82) is 0 Å². The van der Waals surface area contributed by atoms with Crippen LogP contribution in [0.4, 0.5) is 5.69 Å². The number of anilines is 1. The van der Waals surface area contributed by atoms with Crippen LogP contribution in [-0.2, 0) is 34.7 Å². The van der Waals surface area contributed by atoms with Gasteiger partial charge >= 0.3 is 0 Å². The second-order valence-corrected chi connectivity index (χ2v) is 18.6. The van der Waals surface area contributed by atoms with Crippen molar-refractivity contribution >= 4 is 64.7 Å². The molecule has 2 heterocycles. The molecule has 0 aromatic heterocycles. The van der Waals surface area contributed by atoms with Crippen LogP contribution in [-0.4, -0.2) is 109 Å². The standard InChI is InChI=1S/C30H42Cl2N4O7S3/c1-4-36(46(42,43)27-9-7-26(8-10-27)44(2,38)39)24-14-18-33(19-15-24)16-5-17-35(25-6-11-28(31)29(32)22-25)30(37)23-12-20-34(21-13-23)45(3,40)41/h6-11,22-24H,4-5,12-21H2,1-3H3. The molecule has 2 aliphatic rings. The Bertz CT molecular complexity index is 1710. The molecule has 0 spiro atoms. The molecule has 16 heteroatoms. The molecule has 256 valence electrons. The minimum absolute atomic E-state index is 0.0678. The number of sulfone groups is 1. The number of likely N-dealkylation sites (tertiary alicyclic amines) is 1. The van der Waals surface area contributed by atoms with Crippen molar-refractivity contribution in [2.45, 2.75) is 54.9 Å². The largest absolute Gasteiger partial charge is 0.312 e. The zero-order valence-corrected chi connectivity index (χ0v) is 30.3. The molecule has 2 aromatic carbocycles. The highest BCUT2D eigenvalue weighted by atomic mass is 35.5. The minimum atomic E-state index is -3.81. The van der Waals surface area contributed by atoms with Crippen molar-refractivity contribution in [3.63, 3.8) is 0 Å². The summed E-state index contributed by atoms with van der Waals surface area (Å²) in [6.45, 7) is 5.21. The van der Waals surface area contributed by atoms with Gasteiger partial charge in [-0.05, 0) is 94.2 Å². The van der Waals surface area contributed by atoms with Crippen LogP contribution >= 0.6 is 23.2 Å². The molecule has 2 aromatic rings. The molecule has 0 bridgehead atoms. The van der Waals surface area contributed by atoms with Crippen LogP contribution in [0, 0.1) is 5.92 Å². The molecule has 0 unspecified atom stereocenters. The number of nitrogens with zero attached hydrogens (tertiary/aromatic N) is 4. The molecular weight excluding hydrogens is 695 g/mol. The number of hydrogen-bond acceptors (Lipinski definition) is 8. The van der Waals surface area contributed by atoms with Gasteiger partial charge in [-0.25, -0.2) is 29.6 Å². The summed E-state index contributed by atoms with van der Waals surface area (Å²) in [5, 5.41) is 0.726. The van der Waals surface area contributed by atoms with E-state index in [9.17, 15) is 30.0 Å². The molecule has 1 amide bonds. The van der Waals surface area contributed by atoms with Crippen molar-refractivity contribution in [3.05, 3.63) is 52.5 Å². The predicted molar refractivity (Wildman–Crippen MR) is 181 cm³/mol. The summed E-state index contributed by atoms with van der Waals surface area (Å²) >= 11 is 12.4. The van der Waals surface area contributed by atoms with Crippen molar-refractivity contribution in [2.75, 3.05) is 63.2 Å². The van der Waals surface area contributed by atoms with E-state index in [-0.39, 0.29) is 27.7 Å². The number of amides is 1. The number of sulfonamides is 2. The normalized spacial score (nSPS) is 18.2. The van der Waals surface area contributed by atoms with Crippen LogP contribution in [0.25, 0.3) is 0 Å². The Labute approximate surface area is 283 Å². The van der Waals surface area contributed by atoms with E-state index < -0.39 is 29.9 Å². The Kier molecular flexibility index (Phi) is 12.2. The van der Waals surface area contributed by atoms with E-state index in [4.69, 9.17) is 23.2 Å². The third kappa shape index (κ3) is 9.01. The smallest absolute Gasteiger partial charge is 0.243 e. The third-order valence-electron chi connectivity index (χ3n) is 8.74. The fraction of sp³-hybridized carbons (Fsp3) is 0.567. The Morgan fingerprint density at radius 1 is 0.826 bits per heavy atom.